The van der Waals surface area contributed by atoms with Crippen LogP contribution in [0.15, 0.2) is 47.6 Å². The van der Waals surface area contributed by atoms with Gasteiger partial charge in [-0.25, -0.2) is 8.42 Å². The zero-order chi connectivity index (χ0) is 18.7. The second-order valence-electron chi connectivity index (χ2n) is 6.28. The van der Waals surface area contributed by atoms with Crippen LogP contribution in [-0.4, -0.2) is 55.7 Å². The molecule has 1 aromatic heterocycles. The molecule has 0 atom stereocenters. The molecule has 2 aromatic rings. The van der Waals surface area contributed by atoms with E-state index in [0.29, 0.717) is 18.8 Å². The zero-order valence-electron chi connectivity index (χ0n) is 14.4. The van der Waals surface area contributed by atoms with Crippen molar-refractivity contribution < 1.29 is 13.3 Å². The number of para-hydroxylation sites is 1. The van der Waals surface area contributed by atoms with Gasteiger partial charge >= 0.3 is 5.69 Å². The van der Waals surface area contributed by atoms with E-state index in [2.05, 4.69) is 9.88 Å². The second kappa shape index (κ2) is 7.38. The quantitative estimate of drug-likeness (QED) is 0.579. The first-order valence-electron chi connectivity index (χ1n) is 8.20. The van der Waals surface area contributed by atoms with Crippen molar-refractivity contribution in [2.75, 3.05) is 37.3 Å². The van der Waals surface area contributed by atoms with Gasteiger partial charge in [0.25, 0.3) is 0 Å². The van der Waals surface area contributed by atoms with Crippen molar-refractivity contribution in [3.8, 4) is 0 Å². The molecule has 0 spiro atoms. The van der Waals surface area contributed by atoms with Gasteiger partial charge in [0.15, 0.2) is 9.84 Å². The van der Waals surface area contributed by atoms with E-state index in [9.17, 15) is 18.5 Å². The smallest absolute Gasteiger partial charge is 0.311 e. The predicted molar refractivity (Wildman–Crippen MR) is 97.9 cm³/mol. The molecule has 0 amide bonds. The van der Waals surface area contributed by atoms with Crippen molar-refractivity contribution in [1.29, 1.82) is 0 Å². The van der Waals surface area contributed by atoms with Crippen LogP contribution in [0.4, 0.5) is 11.4 Å². The number of nitrogens with zero attached hydrogens (tertiary/aromatic N) is 4. The summed E-state index contributed by atoms with van der Waals surface area (Å²) >= 11 is 0. The monoisotopic (exact) mass is 376 g/mol. The molecular weight excluding hydrogens is 356 g/mol. The van der Waals surface area contributed by atoms with E-state index in [1.807, 2.05) is 23.2 Å². The molecule has 2 heterocycles. The maximum absolute atomic E-state index is 11.9. The molecule has 0 aliphatic carbocycles. The largest absolute Gasteiger partial charge is 0.363 e. The molecule has 1 aliphatic rings. The summed E-state index contributed by atoms with van der Waals surface area (Å²) in [5, 5.41) is 11.5. The van der Waals surface area contributed by atoms with Gasteiger partial charge in [0.2, 0.25) is 0 Å². The zero-order valence-corrected chi connectivity index (χ0v) is 15.2. The fourth-order valence-electron chi connectivity index (χ4n) is 3.15. The Labute approximate surface area is 152 Å². The number of anilines is 1. The minimum Gasteiger partial charge on any atom is -0.363 e. The maximum atomic E-state index is 11.9. The fraction of sp³-hybridized carbons (Fsp3) is 0.353. The third-order valence-corrected chi connectivity index (χ3v) is 5.53. The summed E-state index contributed by atoms with van der Waals surface area (Å²) in [4.78, 5) is 18.9. The van der Waals surface area contributed by atoms with Crippen LogP contribution < -0.4 is 4.90 Å². The molecule has 0 radical (unpaired) electrons. The van der Waals surface area contributed by atoms with Crippen LogP contribution >= 0.6 is 0 Å². The number of benzene rings is 1. The van der Waals surface area contributed by atoms with Crippen molar-refractivity contribution in [2.45, 2.75) is 11.4 Å². The van der Waals surface area contributed by atoms with Crippen LogP contribution in [-0.2, 0) is 16.4 Å². The van der Waals surface area contributed by atoms with Crippen LogP contribution in [0.2, 0.25) is 0 Å². The lowest BCUT2D eigenvalue weighted by Gasteiger charge is -2.35. The normalized spacial score (nSPS) is 15.8. The molecule has 9 heteroatoms. The molecule has 1 saturated heterocycles. The van der Waals surface area contributed by atoms with Gasteiger partial charge in [-0.2, -0.15) is 0 Å². The van der Waals surface area contributed by atoms with E-state index < -0.39 is 14.8 Å². The Morgan fingerprint density at radius 3 is 2.46 bits per heavy atom. The van der Waals surface area contributed by atoms with E-state index in [-0.39, 0.29) is 10.6 Å². The second-order valence-corrected chi connectivity index (χ2v) is 8.26. The lowest BCUT2D eigenvalue weighted by atomic mass is 10.2. The summed E-state index contributed by atoms with van der Waals surface area (Å²) in [6.45, 7) is 3.42. The Hall–Kier alpha value is -2.52. The van der Waals surface area contributed by atoms with Crippen LogP contribution in [0.5, 0.6) is 0 Å². The first-order chi connectivity index (χ1) is 12.4. The molecule has 0 unspecified atom stereocenters. The molecular formula is C17H20N4O4S. The fourth-order valence-corrected chi connectivity index (χ4v) is 4.00. The molecule has 8 nitrogen and oxygen atoms in total. The van der Waals surface area contributed by atoms with Crippen molar-refractivity contribution in [2.24, 2.45) is 0 Å². The van der Waals surface area contributed by atoms with Crippen molar-refractivity contribution >= 4 is 21.2 Å². The first kappa shape index (κ1) is 18.3. The maximum Gasteiger partial charge on any atom is 0.311 e. The standard InChI is InChI=1S/C17H20N4O4S/c1-26(24,25)16-6-2-5-15(17(16)21(22)23)20-10-8-19(9-11-20)13-14-4-3-7-18-12-14/h2-7,12H,8-11,13H2,1H3. The highest BCUT2D eigenvalue weighted by molar-refractivity contribution is 7.90. The van der Waals surface area contributed by atoms with Gasteiger partial charge in [0.1, 0.15) is 10.6 Å². The van der Waals surface area contributed by atoms with Gasteiger partial charge in [-0.15, -0.1) is 0 Å². The molecule has 0 saturated carbocycles. The number of pyridine rings is 1. The van der Waals surface area contributed by atoms with Gasteiger partial charge in [-0.1, -0.05) is 12.1 Å². The van der Waals surface area contributed by atoms with Gasteiger partial charge in [-0.3, -0.25) is 20.0 Å². The number of nitro groups is 1. The topological polar surface area (TPSA) is 96.7 Å². The average molecular weight is 376 g/mol. The van der Waals surface area contributed by atoms with Crippen molar-refractivity contribution in [1.82, 2.24) is 9.88 Å². The molecule has 1 aliphatic heterocycles. The van der Waals surface area contributed by atoms with Crippen LogP contribution in [0.25, 0.3) is 0 Å². The minimum atomic E-state index is -3.68. The number of sulfone groups is 1. The average Bonchev–Trinajstić information content (AvgIpc) is 2.62. The third kappa shape index (κ3) is 4.00. The summed E-state index contributed by atoms with van der Waals surface area (Å²) < 4.78 is 23.8. The highest BCUT2D eigenvalue weighted by atomic mass is 32.2. The number of piperazine rings is 1. The van der Waals surface area contributed by atoms with E-state index in [1.54, 1.807) is 18.3 Å². The summed E-state index contributed by atoms with van der Waals surface area (Å²) in [7, 11) is -3.68. The number of hydrogen-bond acceptors (Lipinski definition) is 7. The summed E-state index contributed by atoms with van der Waals surface area (Å²) in [5.74, 6) is 0. The summed E-state index contributed by atoms with van der Waals surface area (Å²) in [6.07, 6.45) is 4.55. The molecule has 0 N–H and O–H groups in total. The van der Waals surface area contributed by atoms with Crippen LogP contribution in [0.3, 0.4) is 0 Å². The lowest BCUT2D eigenvalue weighted by Crippen LogP contribution is -2.46. The minimum absolute atomic E-state index is 0.238. The summed E-state index contributed by atoms with van der Waals surface area (Å²) in [5.41, 5.74) is 1.14. The highest BCUT2D eigenvalue weighted by Crippen LogP contribution is 2.35. The molecule has 138 valence electrons. The van der Waals surface area contributed by atoms with Gasteiger partial charge in [0, 0.05) is 51.4 Å². The van der Waals surface area contributed by atoms with Crippen molar-refractivity contribution in [3.63, 3.8) is 0 Å². The number of hydrogen-bond donors (Lipinski definition) is 0. The molecule has 0 bridgehead atoms. The van der Waals surface area contributed by atoms with Crippen LogP contribution in [0, 0.1) is 10.1 Å². The van der Waals surface area contributed by atoms with E-state index in [1.165, 1.54) is 6.07 Å². The number of nitro benzene ring substituents is 1. The Morgan fingerprint density at radius 1 is 1.15 bits per heavy atom. The molecule has 1 fully saturated rings. The van der Waals surface area contributed by atoms with Gasteiger partial charge in [-0.05, 0) is 23.8 Å². The Morgan fingerprint density at radius 2 is 1.88 bits per heavy atom. The molecule has 1 aromatic carbocycles. The van der Waals surface area contributed by atoms with Crippen molar-refractivity contribution in [3.05, 3.63) is 58.4 Å². The SMILES string of the molecule is CS(=O)(=O)c1cccc(N2CCN(Cc3cccnc3)CC2)c1[N+](=O)[O-]. The molecule has 26 heavy (non-hydrogen) atoms. The van der Waals surface area contributed by atoms with Gasteiger partial charge < -0.3 is 4.90 Å². The third-order valence-electron chi connectivity index (χ3n) is 4.40. The molecule has 3 rings (SSSR count). The Balaban J connectivity index is 1.78. The highest BCUT2D eigenvalue weighted by Gasteiger charge is 2.30. The number of rotatable bonds is 5. The lowest BCUT2D eigenvalue weighted by molar-refractivity contribution is -0.387. The van der Waals surface area contributed by atoms with Gasteiger partial charge in [0.05, 0.1) is 4.92 Å². The van der Waals surface area contributed by atoms with E-state index >= 15 is 0 Å². The summed E-state index contributed by atoms with van der Waals surface area (Å²) in [6, 6.07) is 8.37. The van der Waals surface area contributed by atoms with E-state index in [0.717, 1.165) is 31.5 Å². The predicted octanol–water partition coefficient (Wildman–Crippen LogP) is 1.72. The first-order valence-corrected chi connectivity index (χ1v) is 10.1. The van der Waals surface area contributed by atoms with Crippen LogP contribution in [0.1, 0.15) is 5.56 Å². The Bertz CT molecular complexity index is 894. The van der Waals surface area contributed by atoms with E-state index in [4.69, 9.17) is 0 Å². The Kier molecular flexibility index (Phi) is 5.19. The number of aromatic nitrogens is 1.